The second kappa shape index (κ2) is 6.70. The van der Waals surface area contributed by atoms with E-state index < -0.39 is 0 Å². The van der Waals surface area contributed by atoms with Crippen LogP contribution in [0.3, 0.4) is 0 Å². The fourth-order valence-electron chi connectivity index (χ4n) is 1.78. The molecule has 0 aliphatic carbocycles. The van der Waals surface area contributed by atoms with Crippen LogP contribution in [0.25, 0.3) is 0 Å². The van der Waals surface area contributed by atoms with Crippen LogP contribution in [0.2, 0.25) is 0 Å². The molecule has 0 bridgehead atoms. The molecule has 0 atom stereocenters. The summed E-state index contributed by atoms with van der Waals surface area (Å²) in [5, 5.41) is 12.1. The van der Waals surface area contributed by atoms with E-state index in [0.29, 0.717) is 17.5 Å². The predicted molar refractivity (Wildman–Crippen MR) is 84.5 cm³/mol. The molecule has 5 heteroatoms. The van der Waals surface area contributed by atoms with Gasteiger partial charge in [-0.2, -0.15) is 0 Å². The van der Waals surface area contributed by atoms with Gasteiger partial charge < -0.3 is 5.32 Å². The summed E-state index contributed by atoms with van der Waals surface area (Å²) in [5.41, 5.74) is 3.09. The Morgan fingerprint density at radius 3 is 2.45 bits per heavy atom. The van der Waals surface area contributed by atoms with E-state index in [0.717, 1.165) is 17.2 Å². The number of hydrogen-bond donors (Lipinski definition) is 1. The lowest BCUT2D eigenvalue weighted by Crippen LogP contribution is -2.04. The standard InChI is InChI=1S/C15H19N4S/c1-5-13-14(17-15(20-4)19-18-13)16-12-8-6-11(7-9-12)10(2)3/h6-10H,1,5H2,2-4H3,(H,16,17,19). The molecule has 20 heavy (non-hydrogen) atoms. The molecule has 0 aliphatic heterocycles. The Balaban J connectivity index is 2.24. The van der Waals surface area contributed by atoms with Crippen molar-refractivity contribution in [3.63, 3.8) is 0 Å². The first-order valence-corrected chi connectivity index (χ1v) is 7.80. The quantitative estimate of drug-likeness (QED) is 0.847. The van der Waals surface area contributed by atoms with E-state index in [-0.39, 0.29) is 0 Å². The van der Waals surface area contributed by atoms with Gasteiger partial charge in [0.1, 0.15) is 5.69 Å². The zero-order chi connectivity index (χ0) is 14.5. The number of rotatable bonds is 5. The van der Waals surface area contributed by atoms with E-state index in [4.69, 9.17) is 0 Å². The van der Waals surface area contributed by atoms with E-state index in [9.17, 15) is 0 Å². The SMILES string of the molecule is [CH2]Cc1nnc(SC)nc1Nc1ccc(C(C)C)cc1. The van der Waals surface area contributed by atoms with E-state index in [1.54, 1.807) is 0 Å². The van der Waals surface area contributed by atoms with Crippen LogP contribution in [-0.2, 0) is 6.42 Å². The lowest BCUT2D eigenvalue weighted by Gasteiger charge is -2.11. The first-order chi connectivity index (χ1) is 9.63. The van der Waals surface area contributed by atoms with Crippen molar-refractivity contribution < 1.29 is 0 Å². The molecule has 1 N–H and O–H groups in total. The van der Waals surface area contributed by atoms with Crippen molar-refractivity contribution in [2.45, 2.75) is 31.3 Å². The number of aromatic nitrogens is 3. The third kappa shape index (κ3) is 3.48. The molecule has 1 aromatic carbocycles. The molecule has 1 radical (unpaired) electrons. The third-order valence-corrected chi connectivity index (χ3v) is 3.53. The summed E-state index contributed by atoms with van der Waals surface area (Å²) in [6, 6.07) is 8.37. The Morgan fingerprint density at radius 2 is 1.90 bits per heavy atom. The van der Waals surface area contributed by atoms with Crippen LogP contribution in [0.4, 0.5) is 11.5 Å². The van der Waals surface area contributed by atoms with Gasteiger partial charge in [-0.15, -0.1) is 10.2 Å². The van der Waals surface area contributed by atoms with Gasteiger partial charge in [0.05, 0.1) is 0 Å². The molecule has 4 nitrogen and oxygen atoms in total. The summed E-state index contributed by atoms with van der Waals surface area (Å²) in [7, 11) is 0. The number of thioether (sulfide) groups is 1. The number of benzene rings is 1. The average molecular weight is 287 g/mol. The molecule has 0 spiro atoms. The van der Waals surface area contributed by atoms with E-state index in [1.807, 2.05) is 6.26 Å². The highest BCUT2D eigenvalue weighted by Gasteiger charge is 2.08. The van der Waals surface area contributed by atoms with Crippen LogP contribution in [-0.4, -0.2) is 21.4 Å². The van der Waals surface area contributed by atoms with Crippen molar-refractivity contribution in [2.75, 3.05) is 11.6 Å². The first-order valence-electron chi connectivity index (χ1n) is 6.58. The molecule has 0 saturated heterocycles. The van der Waals surface area contributed by atoms with Gasteiger partial charge >= 0.3 is 0 Å². The third-order valence-electron chi connectivity index (χ3n) is 3.00. The van der Waals surface area contributed by atoms with Crippen LogP contribution in [0.5, 0.6) is 0 Å². The smallest absolute Gasteiger partial charge is 0.210 e. The minimum absolute atomic E-state index is 0.531. The normalized spacial score (nSPS) is 10.8. The van der Waals surface area contributed by atoms with Gasteiger partial charge in [-0.3, -0.25) is 0 Å². The zero-order valence-electron chi connectivity index (χ0n) is 12.1. The second-order valence-corrected chi connectivity index (χ2v) is 5.52. The van der Waals surface area contributed by atoms with Crippen LogP contribution < -0.4 is 5.32 Å². The number of hydrogen-bond acceptors (Lipinski definition) is 5. The number of anilines is 2. The number of nitrogens with one attached hydrogen (secondary N) is 1. The lowest BCUT2D eigenvalue weighted by atomic mass is 10.0. The second-order valence-electron chi connectivity index (χ2n) is 4.75. The average Bonchev–Trinajstić information content (AvgIpc) is 2.47. The van der Waals surface area contributed by atoms with Crippen molar-refractivity contribution in [2.24, 2.45) is 0 Å². The molecule has 0 saturated carbocycles. The van der Waals surface area contributed by atoms with Crippen LogP contribution in [0, 0.1) is 6.92 Å². The molecule has 0 aliphatic rings. The lowest BCUT2D eigenvalue weighted by molar-refractivity contribution is 0.807. The molecule has 0 amide bonds. The Morgan fingerprint density at radius 1 is 1.20 bits per heavy atom. The molecule has 2 aromatic rings. The van der Waals surface area contributed by atoms with Gasteiger partial charge in [0.15, 0.2) is 5.82 Å². The highest BCUT2D eigenvalue weighted by molar-refractivity contribution is 7.98. The summed E-state index contributed by atoms with van der Waals surface area (Å²) in [6.07, 6.45) is 2.49. The predicted octanol–water partition coefficient (Wildman–Crippen LogP) is 3.84. The maximum atomic E-state index is 4.45. The van der Waals surface area contributed by atoms with Crippen molar-refractivity contribution in [1.82, 2.24) is 15.2 Å². The van der Waals surface area contributed by atoms with Crippen molar-refractivity contribution in [1.29, 1.82) is 0 Å². The highest BCUT2D eigenvalue weighted by atomic mass is 32.2. The molecule has 0 fully saturated rings. The van der Waals surface area contributed by atoms with E-state index >= 15 is 0 Å². The minimum Gasteiger partial charge on any atom is -0.339 e. The molecular weight excluding hydrogens is 268 g/mol. The Bertz CT molecular complexity index is 567. The van der Waals surface area contributed by atoms with Gasteiger partial charge in [-0.05, 0) is 43.2 Å². The van der Waals surface area contributed by atoms with Crippen molar-refractivity contribution in [3.8, 4) is 0 Å². The molecule has 105 valence electrons. The first kappa shape index (κ1) is 14.8. The molecular formula is C15H19N4S. The summed E-state index contributed by atoms with van der Waals surface area (Å²) >= 11 is 1.47. The van der Waals surface area contributed by atoms with Crippen molar-refractivity contribution in [3.05, 3.63) is 42.4 Å². The summed E-state index contributed by atoms with van der Waals surface area (Å²) in [6.45, 7) is 8.23. The maximum absolute atomic E-state index is 4.45. The van der Waals surface area contributed by atoms with Gasteiger partial charge in [0.2, 0.25) is 5.16 Å². The highest BCUT2D eigenvalue weighted by Crippen LogP contribution is 2.22. The topological polar surface area (TPSA) is 50.7 Å². The Kier molecular flexibility index (Phi) is 4.95. The minimum atomic E-state index is 0.531. The Hall–Kier alpha value is -1.62. The van der Waals surface area contributed by atoms with Gasteiger partial charge in [-0.25, -0.2) is 4.98 Å². The summed E-state index contributed by atoms with van der Waals surface area (Å²) < 4.78 is 0. The zero-order valence-corrected chi connectivity index (χ0v) is 12.9. The van der Waals surface area contributed by atoms with Gasteiger partial charge in [0, 0.05) is 5.69 Å². The number of nitrogens with zero attached hydrogens (tertiary/aromatic N) is 3. The molecule has 0 unspecified atom stereocenters. The molecule has 1 aromatic heterocycles. The fraction of sp³-hybridized carbons (Fsp3) is 0.333. The van der Waals surface area contributed by atoms with Crippen LogP contribution >= 0.6 is 11.8 Å². The summed E-state index contributed by atoms with van der Waals surface area (Å²) in [5.74, 6) is 1.26. The summed E-state index contributed by atoms with van der Waals surface area (Å²) in [4.78, 5) is 4.45. The van der Waals surface area contributed by atoms with Gasteiger partial charge in [0.25, 0.3) is 0 Å². The van der Waals surface area contributed by atoms with E-state index in [2.05, 4.69) is 65.5 Å². The van der Waals surface area contributed by atoms with Crippen molar-refractivity contribution >= 4 is 23.3 Å². The maximum Gasteiger partial charge on any atom is 0.210 e. The largest absolute Gasteiger partial charge is 0.339 e. The fourth-order valence-corrected chi connectivity index (χ4v) is 2.08. The Labute approximate surface area is 124 Å². The molecule has 2 rings (SSSR count). The molecule has 1 heterocycles. The van der Waals surface area contributed by atoms with Crippen LogP contribution in [0.15, 0.2) is 29.4 Å². The van der Waals surface area contributed by atoms with E-state index in [1.165, 1.54) is 17.3 Å². The van der Waals surface area contributed by atoms with Gasteiger partial charge in [-0.1, -0.05) is 37.7 Å². The van der Waals surface area contributed by atoms with Crippen LogP contribution in [0.1, 0.15) is 31.0 Å². The monoisotopic (exact) mass is 287 g/mol.